The van der Waals surface area contributed by atoms with Gasteiger partial charge < -0.3 is 5.32 Å². The minimum Gasteiger partial charge on any atom is -0.313 e. The van der Waals surface area contributed by atoms with Crippen LogP contribution >= 0.6 is 0 Å². The van der Waals surface area contributed by atoms with Gasteiger partial charge in [0.25, 0.3) is 0 Å². The zero-order valence-electron chi connectivity index (χ0n) is 8.47. The van der Waals surface area contributed by atoms with Crippen molar-refractivity contribution in [3.05, 3.63) is 29.6 Å². The van der Waals surface area contributed by atoms with E-state index < -0.39 is 0 Å². The number of benzene rings is 1. The van der Waals surface area contributed by atoms with Crippen molar-refractivity contribution in [3.8, 4) is 0 Å². The van der Waals surface area contributed by atoms with Crippen molar-refractivity contribution < 1.29 is 9.71 Å². The van der Waals surface area contributed by atoms with Crippen LogP contribution in [-0.2, 0) is 0 Å². The van der Waals surface area contributed by atoms with Gasteiger partial charge >= 0.3 is 0 Å². The van der Waals surface area contributed by atoms with E-state index in [1.54, 1.807) is 6.07 Å². The molecule has 0 atom stereocenters. The standard InChI is InChI=1S/C11H16FN/c1-8(2)7-13-11-5-4-10(12)6-9(11)3/h4-6,8,13H,7H2,1-3H3/p+1. The Kier molecular flexibility index (Phi) is 3.43. The lowest BCUT2D eigenvalue weighted by molar-refractivity contribution is -0.577. The monoisotopic (exact) mass is 182 g/mol. The first-order valence-corrected chi connectivity index (χ1v) is 4.69. The Balaban J connectivity index is 2.67. The number of hydrogen-bond donors (Lipinski definition) is 1. The Hall–Kier alpha value is -0.890. The maximum Gasteiger partial charge on any atom is 0.132 e. The fraction of sp³-hybridized carbons (Fsp3) is 0.455. The number of hydrogen-bond acceptors (Lipinski definition) is 0. The number of quaternary nitrogens is 1. The van der Waals surface area contributed by atoms with Gasteiger partial charge in [-0.05, 0) is 19.1 Å². The van der Waals surface area contributed by atoms with E-state index in [1.165, 1.54) is 6.07 Å². The summed E-state index contributed by atoms with van der Waals surface area (Å²) in [6.07, 6.45) is 0. The zero-order valence-corrected chi connectivity index (χ0v) is 8.47. The Bertz CT molecular complexity index is 281. The quantitative estimate of drug-likeness (QED) is 0.688. The van der Waals surface area contributed by atoms with Gasteiger partial charge in [-0.15, -0.1) is 0 Å². The summed E-state index contributed by atoms with van der Waals surface area (Å²) in [5.74, 6) is 0.503. The van der Waals surface area contributed by atoms with Crippen molar-refractivity contribution in [2.75, 3.05) is 6.54 Å². The fourth-order valence-electron chi connectivity index (χ4n) is 1.23. The van der Waals surface area contributed by atoms with Crippen LogP contribution in [0.2, 0.25) is 0 Å². The number of aryl methyl sites for hydroxylation is 1. The van der Waals surface area contributed by atoms with Gasteiger partial charge in [0, 0.05) is 17.5 Å². The molecule has 0 saturated heterocycles. The Morgan fingerprint density at radius 3 is 2.62 bits per heavy atom. The van der Waals surface area contributed by atoms with Gasteiger partial charge in [0.2, 0.25) is 0 Å². The predicted octanol–water partition coefficient (Wildman–Crippen LogP) is 1.99. The summed E-state index contributed by atoms with van der Waals surface area (Å²) < 4.78 is 12.7. The first-order valence-electron chi connectivity index (χ1n) is 4.69. The van der Waals surface area contributed by atoms with Crippen LogP contribution < -0.4 is 5.32 Å². The summed E-state index contributed by atoms with van der Waals surface area (Å²) in [5.41, 5.74) is 2.16. The lowest BCUT2D eigenvalue weighted by Gasteiger charge is -2.05. The summed E-state index contributed by atoms with van der Waals surface area (Å²) in [4.78, 5) is 0. The molecule has 1 aromatic carbocycles. The molecule has 0 radical (unpaired) electrons. The predicted molar refractivity (Wildman–Crippen MR) is 52.4 cm³/mol. The molecule has 13 heavy (non-hydrogen) atoms. The van der Waals surface area contributed by atoms with Crippen molar-refractivity contribution >= 4 is 5.69 Å². The topological polar surface area (TPSA) is 16.6 Å². The highest BCUT2D eigenvalue weighted by atomic mass is 19.1. The Morgan fingerprint density at radius 2 is 2.08 bits per heavy atom. The van der Waals surface area contributed by atoms with E-state index in [4.69, 9.17) is 0 Å². The molecule has 0 bridgehead atoms. The smallest absolute Gasteiger partial charge is 0.132 e. The molecule has 0 amide bonds. The van der Waals surface area contributed by atoms with Gasteiger partial charge in [-0.2, -0.15) is 0 Å². The lowest BCUT2D eigenvalue weighted by Crippen LogP contribution is -2.79. The number of nitrogens with two attached hydrogens (primary N) is 1. The molecule has 0 heterocycles. The second kappa shape index (κ2) is 4.38. The van der Waals surface area contributed by atoms with Crippen LogP contribution in [0.1, 0.15) is 19.4 Å². The van der Waals surface area contributed by atoms with E-state index in [0.29, 0.717) is 5.92 Å². The minimum absolute atomic E-state index is 0.154. The summed E-state index contributed by atoms with van der Waals surface area (Å²) in [7, 11) is 0. The molecule has 1 aromatic rings. The molecule has 0 saturated carbocycles. The third-order valence-electron chi connectivity index (χ3n) is 2.04. The van der Waals surface area contributed by atoms with Crippen LogP contribution in [0.5, 0.6) is 0 Å². The van der Waals surface area contributed by atoms with E-state index in [2.05, 4.69) is 19.2 Å². The van der Waals surface area contributed by atoms with E-state index in [-0.39, 0.29) is 5.82 Å². The van der Waals surface area contributed by atoms with Crippen molar-refractivity contribution in [1.29, 1.82) is 0 Å². The van der Waals surface area contributed by atoms with E-state index >= 15 is 0 Å². The molecule has 0 aromatic heterocycles. The first kappa shape index (κ1) is 10.2. The zero-order chi connectivity index (χ0) is 9.84. The van der Waals surface area contributed by atoms with Gasteiger partial charge in [0.15, 0.2) is 0 Å². The van der Waals surface area contributed by atoms with Crippen LogP contribution in [0.3, 0.4) is 0 Å². The van der Waals surface area contributed by atoms with Crippen LogP contribution in [0.15, 0.2) is 18.2 Å². The largest absolute Gasteiger partial charge is 0.313 e. The second-order valence-corrected chi connectivity index (χ2v) is 3.83. The highest BCUT2D eigenvalue weighted by Gasteiger charge is 2.04. The summed E-state index contributed by atoms with van der Waals surface area (Å²) in [6.45, 7) is 7.34. The van der Waals surface area contributed by atoms with Gasteiger partial charge in [0.05, 0.1) is 6.54 Å². The molecule has 0 fully saturated rings. The van der Waals surface area contributed by atoms with Crippen molar-refractivity contribution in [3.63, 3.8) is 0 Å². The minimum atomic E-state index is -0.154. The summed E-state index contributed by atoms with van der Waals surface area (Å²) in [5, 5.41) is 2.17. The maximum absolute atomic E-state index is 12.7. The maximum atomic E-state index is 12.7. The van der Waals surface area contributed by atoms with E-state index in [9.17, 15) is 4.39 Å². The highest BCUT2D eigenvalue weighted by molar-refractivity contribution is 5.37. The summed E-state index contributed by atoms with van der Waals surface area (Å²) >= 11 is 0. The SMILES string of the molecule is Cc1cc(F)ccc1[NH2+]CC(C)C. The highest BCUT2D eigenvalue weighted by Crippen LogP contribution is 2.10. The van der Waals surface area contributed by atoms with Crippen molar-refractivity contribution in [2.24, 2.45) is 5.92 Å². The van der Waals surface area contributed by atoms with Gasteiger partial charge in [0.1, 0.15) is 11.5 Å². The number of halogens is 1. The molecule has 1 rings (SSSR count). The lowest BCUT2D eigenvalue weighted by atomic mass is 10.1. The third-order valence-corrected chi connectivity index (χ3v) is 2.04. The average molecular weight is 182 g/mol. The molecule has 72 valence electrons. The van der Waals surface area contributed by atoms with Gasteiger partial charge in [-0.25, -0.2) is 4.39 Å². The van der Waals surface area contributed by atoms with Crippen LogP contribution in [0, 0.1) is 18.7 Å². The second-order valence-electron chi connectivity index (χ2n) is 3.83. The van der Waals surface area contributed by atoms with Crippen LogP contribution in [0.4, 0.5) is 10.1 Å². The first-order chi connectivity index (χ1) is 6.09. The Labute approximate surface area is 79.0 Å². The number of rotatable bonds is 3. The average Bonchev–Trinajstić information content (AvgIpc) is 2.02. The molecule has 0 spiro atoms. The molecule has 2 heteroatoms. The molecule has 0 aliphatic carbocycles. The van der Waals surface area contributed by atoms with Gasteiger partial charge in [-0.3, -0.25) is 0 Å². The normalized spacial score (nSPS) is 10.8. The van der Waals surface area contributed by atoms with E-state index in [0.717, 1.165) is 17.8 Å². The van der Waals surface area contributed by atoms with Gasteiger partial charge in [-0.1, -0.05) is 13.8 Å². The third kappa shape index (κ3) is 3.15. The molecule has 0 aliphatic heterocycles. The van der Waals surface area contributed by atoms with E-state index in [1.807, 2.05) is 13.0 Å². The molecular formula is C11H17FN+. The molecule has 2 N–H and O–H groups in total. The van der Waals surface area contributed by atoms with Crippen LogP contribution in [0.25, 0.3) is 0 Å². The molecule has 0 aliphatic rings. The molecular weight excluding hydrogens is 165 g/mol. The fourth-order valence-corrected chi connectivity index (χ4v) is 1.23. The molecule has 1 nitrogen and oxygen atoms in total. The molecule has 0 unspecified atom stereocenters. The van der Waals surface area contributed by atoms with Crippen LogP contribution in [-0.4, -0.2) is 6.54 Å². The van der Waals surface area contributed by atoms with Crippen molar-refractivity contribution in [2.45, 2.75) is 20.8 Å². The van der Waals surface area contributed by atoms with Crippen molar-refractivity contribution in [1.82, 2.24) is 0 Å². The Morgan fingerprint density at radius 1 is 1.38 bits per heavy atom. The summed E-state index contributed by atoms with van der Waals surface area (Å²) in [6, 6.07) is 4.93.